The normalized spacial score (nSPS) is 21.9. The number of carboxylic acids is 1. The number of aliphatic carboxylic acids is 1. The van der Waals surface area contributed by atoms with Crippen molar-refractivity contribution in [2.45, 2.75) is 25.7 Å². The number of nitrogens with two attached hydrogens (primary N) is 1. The summed E-state index contributed by atoms with van der Waals surface area (Å²) in [4.78, 5) is 15.3. The van der Waals surface area contributed by atoms with Crippen molar-refractivity contribution in [3.8, 4) is 0 Å². The van der Waals surface area contributed by atoms with Gasteiger partial charge in [0.15, 0.2) is 6.54 Å². The van der Waals surface area contributed by atoms with Gasteiger partial charge in [-0.15, -0.1) is 6.58 Å². The fourth-order valence-electron chi connectivity index (χ4n) is 2.21. The van der Waals surface area contributed by atoms with Crippen molar-refractivity contribution < 1.29 is 14.4 Å². The quantitative estimate of drug-likeness (QED) is 0.371. The molecule has 0 bridgehead atoms. The molecule has 0 amide bonds. The Morgan fingerprint density at radius 3 is 2.94 bits per heavy atom. The first-order valence-corrected chi connectivity index (χ1v) is 6.29. The van der Waals surface area contributed by atoms with Crippen molar-refractivity contribution >= 4 is 11.8 Å². The fraction of sp³-hybridized carbons (Fsp3) is 0.538. The van der Waals surface area contributed by atoms with Crippen molar-refractivity contribution in [2.24, 2.45) is 10.7 Å². The predicted octanol–water partition coefficient (Wildman–Crippen LogP) is 1.48. The van der Waals surface area contributed by atoms with Gasteiger partial charge in [-0.05, 0) is 19.3 Å². The highest BCUT2D eigenvalue weighted by molar-refractivity contribution is 5.81. The van der Waals surface area contributed by atoms with Gasteiger partial charge in [-0.2, -0.15) is 0 Å². The molecule has 1 aliphatic heterocycles. The molecule has 5 heteroatoms. The third kappa shape index (κ3) is 3.78. The molecular formula is C13H22N3O2+. The number of nitrogens with zero attached hydrogens (tertiary/aromatic N) is 2. The first-order valence-electron chi connectivity index (χ1n) is 6.29. The van der Waals surface area contributed by atoms with E-state index in [1.807, 2.05) is 12.3 Å². The molecule has 1 aliphatic rings. The molecule has 5 nitrogen and oxygen atoms in total. The van der Waals surface area contributed by atoms with E-state index in [1.54, 1.807) is 6.20 Å². The number of amidine groups is 1. The summed E-state index contributed by atoms with van der Waals surface area (Å²) >= 11 is 0. The molecule has 3 N–H and O–H groups in total. The number of hydrogen-bond donors (Lipinski definition) is 2. The molecule has 0 spiro atoms. The Morgan fingerprint density at radius 1 is 1.56 bits per heavy atom. The highest BCUT2D eigenvalue weighted by atomic mass is 16.4. The van der Waals surface area contributed by atoms with Crippen LogP contribution in [0.4, 0.5) is 0 Å². The Labute approximate surface area is 108 Å². The summed E-state index contributed by atoms with van der Waals surface area (Å²) < 4.78 is 0.278. The molecule has 18 heavy (non-hydrogen) atoms. The molecular weight excluding hydrogens is 230 g/mol. The van der Waals surface area contributed by atoms with Crippen molar-refractivity contribution in [2.75, 3.05) is 19.6 Å². The second kappa shape index (κ2) is 7.08. The average molecular weight is 252 g/mol. The van der Waals surface area contributed by atoms with Gasteiger partial charge in [-0.3, -0.25) is 0 Å². The molecule has 0 aliphatic carbocycles. The number of carbonyl (C=O) groups is 1. The van der Waals surface area contributed by atoms with E-state index in [-0.39, 0.29) is 11.0 Å². The number of quaternary nitrogens is 1. The maximum Gasteiger partial charge on any atom is 0.360 e. The maximum absolute atomic E-state index is 11.0. The van der Waals surface area contributed by atoms with E-state index in [0.717, 1.165) is 31.5 Å². The Hall–Kier alpha value is -1.46. The SMILES string of the molecule is C=CCCCCC1=NC=C[N+]1(CCN)CC(=O)O. The molecule has 0 saturated heterocycles. The van der Waals surface area contributed by atoms with Crippen LogP contribution in [0.25, 0.3) is 0 Å². The molecule has 0 radical (unpaired) electrons. The second-order valence-electron chi connectivity index (χ2n) is 4.48. The van der Waals surface area contributed by atoms with Gasteiger partial charge < -0.3 is 10.8 Å². The fourth-order valence-corrected chi connectivity index (χ4v) is 2.21. The highest BCUT2D eigenvalue weighted by Crippen LogP contribution is 2.20. The van der Waals surface area contributed by atoms with E-state index in [1.165, 1.54) is 0 Å². The first-order chi connectivity index (χ1) is 8.64. The minimum absolute atomic E-state index is 0.0218. The van der Waals surface area contributed by atoms with Gasteiger partial charge in [-0.1, -0.05) is 6.08 Å². The van der Waals surface area contributed by atoms with Gasteiger partial charge in [-0.25, -0.2) is 14.3 Å². The summed E-state index contributed by atoms with van der Waals surface area (Å²) in [5.74, 6) is 0.0840. The lowest BCUT2D eigenvalue weighted by Gasteiger charge is -2.30. The van der Waals surface area contributed by atoms with Crippen LogP contribution in [0.5, 0.6) is 0 Å². The third-order valence-corrected chi connectivity index (χ3v) is 3.09. The van der Waals surface area contributed by atoms with Gasteiger partial charge in [0.1, 0.15) is 12.7 Å². The van der Waals surface area contributed by atoms with E-state index in [9.17, 15) is 4.79 Å². The van der Waals surface area contributed by atoms with Crippen LogP contribution in [-0.2, 0) is 4.79 Å². The van der Waals surface area contributed by atoms with Crippen molar-refractivity contribution in [3.63, 3.8) is 0 Å². The Balaban J connectivity index is 2.64. The molecule has 0 aromatic heterocycles. The van der Waals surface area contributed by atoms with Gasteiger partial charge >= 0.3 is 5.97 Å². The minimum Gasteiger partial charge on any atom is -0.477 e. The van der Waals surface area contributed by atoms with E-state index in [0.29, 0.717) is 13.1 Å². The summed E-state index contributed by atoms with van der Waals surface area (Å²) in [5.41, 5.74) is 5.60. The van der Waals surface area contributed by atoms with Gasteiger partial charge in [0.05, 0.1) is 6.20 Å². The monoisotopic (exact) mass is 252 g/mol. The Kier molecular flexibility index (Phi) is 5.74. The van der Waals surface area contributed by atoms with Crippen LogP contribution in [-0.4, -0.2) is 41.0 Å². The molecule has 1 rings (SSSR count). The number of hydrogen-bond acceptors (Lipinski definition) is 3. The Bertz CT molecular complexity index is 363. The number of carboxylic acid groups (broad SMARTS) is 1. The zero-order valence-electron chi connectivity index (χ0n) is 10.7. The highest BCUT2D eigenvalue weighted by Gasteiger charge is 2.36. The smallest absolute Gasteiger partial charge is 0.360 e. The van der Waals surface area contributed by atoms with Crippen molar-refractivity contribution in [1.29, 1.82) is 0 Å². The largest absolute Gasteiger partial charge is 0.477 e. The van der Waals surface area contributed by atoms with E-state index in [4.69, 9.17) is 10.8 Å². The average Bonchev–Trinajstić information content (AvgIpc) is 2.67. The number of rotatable bonds is 9. The minimum atomic E-state index is -0.825. The second-order valence-corrected chi connectivity index (χ2v) is 4.48. The first kappa shape index (κ1) is 14.6. The van der Waals surface area contributed by atoms with Crippen molar-refractivity contribution in [1.82, 2.24) is 0 Å². The van der Waals surface area contributed by atoms with E-state index >= 15 is 0 Å². The third-order valence-electron chi connectivity index (χ3n) is 3.09. The maximum atomic E-state index is 11.0. The summed E-state index contributed by atoms with van der Waals surface area (Å²) in [6, 6.07) is 0. The number of allylic oxidation sites excluding steroid dienone is 1. The topological polar surface area (TPSA) is 75.7 Å². The zero-order valence-corrected chi connectivity index (χ0v) is 10.7. The molecule has 0 aromatic carbocycles. The van der Waals surface area contributed by atoms with Crippen LogP contribution < -0.4 is 5.73 Å². The van der Waals surface area contributed by atoms with Crippen LogP contribution in [0.2, 0.25) is 0 Å². The predicted molar refractivity (Wildman–Crippen MR) is 71.9 cm³/mol. The summed E-state index contributed by atoms with van der Waals surface area (Å²) in [6.45, 7) is 4.74. The van der Waals surface area contributed by atoms with E-state index < -0.39 is 5.97 Å². The van der Waals surface area contributed by atoms with Crippen LogP contribution in [0.3, 0.4) is 0 Å². The Morgan fingerprint density at radius 2 is 2.33 bits per heavy atom. The molecule has 0 aromatic rings. The van der Waals surface area contributed by atoms with Crippen LogP contribution in [0, 0.1) is 0 Å². The van der Waals surface area contributed by atoms with E-state index in [2.05, 4.69) is 11.6 Å². The summed E-state index contributed by atoms with van der Waals surface area (Å²) in [5, 5.41) is 9.03. The standard InChI is InChI=1S/C13H21N3O2/c1-2-3-4-5-6-12-15-8-10-16(12,9-7-14)11-13(17)18/h2,8,10H,1,3-7,9,11,14H2/p+1. The summed E-state index contributed by atoms with van der Waals surface area (Å²) in [7, 11) is 0. The van der Waals surface area contributed by atoms with Gasteiger partial charge in [0.25, 0.3) is 0 Å². The van der Waals surface area contributed by atoms with Crippen LogP contribution in [0.15, 0.2) is 30.0 Å². The molecule has 1 heterocycles. The number of unbranched alkanes of at least 4 members (excludes halogenated alkanes) is 2. The van der Waals surface area contributed by atoms with Crippen LogP contribution >= 0.6 is 0 Å². The molecule has 100 valence electrons. The zero-order chi connectivity index (χ0) is 13.4. The molecule has 0 saturated carbocycles. The lowest BCUT2D eigenvalue weighted by Crippen LogP contribution is -2.52. The lowest BCUT2D eigenvalue weighted by molar-refractivity contribution is -0.778. The number of aliphatic imine (C=N–C) groups is 1. The molecule has 0 fully saturated rings. The van der Waals surface area contributed by atoms with Crippen molar-refractivity contribution in [3.05, 3.63) is 25.1 Å². The van der Waals surface area contributed by atoms with Gasteiger partial charge in [0.2, 0.25) is 5.84 Å². The summed E-state index contributed by atoms with van der Waals surface area (Å²) in [6.07, 6.45) is 9.28. The molecule has 1 unspecified atom stereocenters. The van der Waals surface area contributed by atoms with Crippen LogP contribution in [0.1, 0.15) is 25.7 Å². The molecule has 1 atom stereocenters. The van der Waals surface area contributed by atoms with Gasteiger partial charge in [0, 0.05) is 13.0 Å². The lowest BCUT2D eigenvalue weighted by atomic mass is 10.1.